The van der Waals surface area contributed by atoms with Crippen molar-refractivity contribution in [3.63, 3.8) is 0 Å². The molecule has 0 bridgehead atoms. The third kappa shape index (κ3) is 4.02. The Morgan fingerprint density at radius 2 is 1.79 bits per heavy atom. The fourth-order valence-electron chi connectivity index (χ4n) is 3.19. The molecule has 2 amide bonds. The Bertz CT molecular complexity index is 998. The van der Waals surface area contributed by atoms with Crippen molar-refractivity contribution in [2.75, 3.05) is 31.9 Å². The van der Waals surface area contributed by atoms with Gasteiger partial charge in [-0.15, -0.1) is 11.3 Å². The number of hydrogen-bond acceptors (Lipinski definition) is 6. The van der Waals surface area contributed by atoms with Crippen molar-refractivity contribution in [2.24, 2.45) is 0 Å². The Balaban J connectivity index is 1.44. The standard InChI is InChI=1S/C20H20N4O2S2/c1-14(25)23-7-9-24(10-8-23)18(26)12-27-19-16-11-17(15-5-3-2-4-6-15)28-20(16)22-13-21-19/h2-6,11,13H,7-10,12H2,1H3. The van der Waals surface area contributed by atoms with Crippen molar-refractivity contribution in [1.29, 1.82) is 0 Å². The Hall–Kier alpha value is -2.45. The molecule has 0 atom stereocenters. The quantitative estimate of drug-likeness (QED) is 0.487. The van der Waals surface area contributed by atoms with Crippen LogP contribution in [0.25, 0.3) is 20.7 Å². The molecule has 8 heteroatoms. The summed E-state index contributed by atoms with van der Waals surface area (Å²) in [5.74, 6) is 0.484. The summed E-state index contributed by atoms with van der Waals surface area (Å²) in [5, 5.41) is 1.82. The summed E-state index contributed by atoms with van der Waals surface area (Å²) in [7, 11) is 0. The minimum atomic E-state index is 0.0662. The summed E-state index contributed by atoms with van der Waals surface area (Å²) in [4.78, 5) is 38.5. The molecule has 3 heterocycles. The van der Waals surface area contributed by atoms with E-state index in [9.17, 15) is 9.59 Å². The maximum absolute atomic E-state index is 12.6. The summed E-state index contributed by atoms with van der Waals surface area (Å²) in [5.41, 5.74) is 1.15. The smallest absolute Gasteiger partial charge is 0.233 e. The third-order valence-electron chi connectivity index (χ3n) is 4.76. The van der Waals surface area contributed by atoms with E-state index in [1.165, 1.54) is 11.8 Å². The molecule has 1 aliphatic rings. The van der Waals surface area contributed by atoms with E-state index >= 15 is 0 Å². The number of carbonyl (C=O) groups is 2. The van der Waals surface area contributed by atoms with Gasteiger partial charge < -0.3 is 9.80 Å². The van der Waals surface area contributed by atoms with Crippen LogP contribution in [0.1, 0.15) is 6.92 Å². The zero-order valence-corrected chi connectivity index (χ0v) is 17.1. The number of nitrogens with zero attached hydrogens (tertiary/aromatic N) is 4. The molecule has 0 N–H and O–H groups in total. The van der Waals surface area contributed by atoms with Crippen LogP contribution in [0, 0.1) is 0 Å². The summed E-state index contributed by atoms with van der Waals surface area (Å²) < 4.78 is 0. The highest BCUT2D eigenvalue weighted by Crippen LogP contribution is 2.36. The van der Waals surface area contributed by atoms with E-state index in [-0.39, 0.29) is 11.8 Å². The maximum Gasteiger partial charge on any atom is 0.233 e. The zero-order chi connectivity index (χ0) is 19.5. The second kappa shape index (κ2) is 8.28. The third-order valence-corrected chi connectivity index (χ3v) is 6.84. The van der Waals surface area contributed by atoms with Gasteiger partial charge in [0.1, 0.15) is 16.2 Å². The molecule has 0 unspecified atom stereocenters. The van der Waals surface area contributed by atoms with Crippen LogP contribution in [0.15, 0.2) is 47.8 Å². The molecule has 3 aromatic rings. The van der Waals surface area contributed by atoms with Gasteiger partial charge in [0.05, 0.1) is 5.75 Å². The number of thioether (sulfide) groups is 1. The van der Waals surface area contributed by atoms with Gasteiger partial charge in [0.2, 0.25) is 11.8 Å². The van der Waals surface area contributed by atoms with Gasteiger partial charge in [0.25, 0.3) is 0 Å². The first-order valence-corrected chi connectivity index (χ1v) is 10.9. The number of hydrogen-bond donors (Lipinski definition) is 0. The molecular weight excluding hydrogens is 392 g/mol. The predicted molar refractivity (Wildman–Crippen MR) is 112 cm³/mol. The highest BCUT2D eigenvalue weighted by Gasteiger charge is 2.22. The van der Waals surface area contributed by atoms with E-state index in [0.29, 0.717) is 31.9 Å². The molecule has 1 saturated heterocycles. The van der Waals surface area contributed by atoms with Crippen molar-refractivity contribution in [2.45, 2.75) is 11.9 Å². The topological polar surface area (TPSA) is 66.4 Å². The lowest BCUT2D eigenvalue weighted by molar-refractivity contribution is -0.136. The fraction of sp³-hybridized carbons (Fsp3) is 0.300. The van der Waals surface area contributed by atoms with E-state index < -0.39 is 0 Å². The summed E-state index contributed by atoms with van der Waals surface area (Å²) in [6.45, 7) is 3.96. The number of carbonyl (C=O) groups excluding carboxylic acids is 2. The first-order chi connectivity index (χ1) is 13.6. The number of rotatable bonds is 4. The molecule has 0 aliphatic carbocycles. The zero-order valence-electron chi connectivity index (χ0n) is 15.5. The van der Waals surface area contributed by atoms with Crippen LogP contribution >= 0.6 is 23.1 Å². The van der Waals surface area contributed by atoms with Gasteiger partial charge in [-0.2, -0.15) is 0 Å². The monoisotopic (exact) mass is 412 g/mol. The molecule has 0 saturated carbocycles. The van der Waals surface area contributed by atoms with E-state index in [4.69, 9.17) is 0 Å². The molecule has 1 fully saturated rings. The number of amides is 2. The number of thiophene rings is 1. The van der Waals surface area contributed by atoms with Crippen molar-refractivity contribution in [1.82, 2.24) is 19.8 Å². The van der Waals surface area contributed by atoms with Gasteiger partial charge in [-0.05, 0) is 11.6 Å². The van der Waals surface area contributed by atoms with Gasteiger partial charge >= 0.3 is 0 Å². The van der Waals surface area contributed by atoms with Crippen LogP contribution in [-0.4, -0.2) is 63.5 Å². The molecule has 1 aliphatic heterocycles. The SMILES string of the molecule is CC(=O)N1CCN(C(=O)CSc2ncnc3sc(-c4ccccc4)cc23)CC1. The lowest BCUT2D eigenvalue weighted by atomic mass is 10.2. The largest absolute Gasteiger partial charge is 0.339 e. The van der Waals surface area contributed by atoms with Gasteiger partial charge in [-0.3, -0.25) is 9.59 Å². The van der Waals surface area contributed by atoms with Crippen LogP contribution in [-0.2, 0) is 9.59 Å². The van der Waals surface area contributed by atoms with Crippen LogP contribution in [0.3, 0.4) is 0 Å². The molecule has 28 heavy (non-hydrogen) atoms. The lowest BCUT2D eigenvalue weighted by Crippen LogP contribution is -2.50. The second-order valence-corrected chi connectivity index (χ2v) is 8.54. The number of piperazine rings is 1. The van der Waals surface area contributed by atoms with Gasteiger partial charge in [0.15, 0.2) is 0 Å². The van der Waals surface area contributed by atoms with Crippen LogP contribution in [0.4, 0.5) is 0 Å². The minimum absolute atomic E-state index is 0.0662. The summed E-state index contributed by atoms with van der Waals surface area (Å²) in [6.07, 6.45) is 1.56. The van der Waals surface area contributed by atoms with E-state index in [2.05, 4.69) is 28.2 Å². The summed E-state index contributed by atoms with van der Waals surface area (Å²) >= 11 is 3.08. The minimum Gasteiger partial charge on any atom is -0.339 e. The molecule has 2 aromatic heterocycles. The molecule has 0 radical (unpaired) electrons. The van der Waals surface area contributed by atoms with Gasteiger partial charge in [-0.1, -0.05) is 42.1 Å². The van der Waals surface area contributed by atoms with Crippen molar-refractivity contribution < 1.29 is 9.59 Å². The fourth-order valence-corrected chi connectivity index (χ4v) is 5.13. The van der Waals surface area contributed by atoms with Crippen LogP contribution < -0.4 is 0 Å². The summed E-state index contributed by atoms with van der Waals surface area (Å²) in [6, 6.07) is 12.3. The van der Waals surface area contributed by atoms with Crippen molar-refractivity contribution >= 4 is 45.1 Å². The Labute approximate surface area is 171 Å². The average Bonchev–Trinajstić information content (AvgIpc) is 3.17. The number of benzene rings is 1. The van der Waals surface area contributed by atoms with Gasteiger partial charge in [-0.25, -0.2) is 9.97 Å². The van der Waals surface area contributed by atoms with E-state index in [1.807, 2.05) is 23.1 Å². The molecular formula is C20H20N4O2S2. The Morgan fingerprint density at radius 1 is 1.07 bits per heavy atom. The predicted octanol–water partition coefficient (Wildman–Crippen LogP) is 3.14. The first kappa shape index (κ1) is 18.9. The Kier molecular flexibility index (Phi) is 5.59. The Morgan fingerprint density at radius 3 is 2.50 bits per heavy atom. The lowest BCUT2D eigenvalue weighted by Gasteiger charge is -2.34. The number of aromatic nitrogens is 2. The van der Waals surface area contributed by atoms with Crippen molar-refractivity contribution in [3.8, 4) is 10.4 Å². The number of fused-ring (bicyclic) bond motifs is 1. The van der Waals surface area contributed by atoms with Crippen LogP contribution in [0.5, 0.6) is 0 Å². The normalized spacial score (nSPS) is 14.5. The van der Waals surface area contributed by atoms with Crippen molar-refractivity contribution in [3.05, 3.63) is 42.7 Å². The van der Waals surface area contributed by atoms with Crippen LogP contribution in [0.2, 0.25) is 0 Å². The van der Waals surface area contributed by atoms with Gasteiger partial charge in [0, 0.05) is 43.4 Å². The van der Waals surface area contributed by atoms with E-state index in [0.717, 1.165) is 25.7 Å². The first-order valence-electron chi connectivity index (χ1n) is 9.08. The molecule has 4 rings (SSSR count). The molecule has 1 aromatic carbocycles. The van der Waals surface area contributed by atoms with E-state index in [1.54, 1.807) is 29.5 Å². The average molecular weight is 413 g/mol. The highest BCUT2D eigenvalue weighted by atomic mass is 32.2. The highest BCUT2D eigenvalue weighted by molar-refractivity contribution is 8.00. The second-order valence-electron chi connectivity index (χ2n) is 6.55. The molecule has 144 valence electrons. The molecule has 6 nitrogen and oxygen atoms in total. The maximum atomic E-state index is 12.6. The molecule has 0 spiro atoms.